The molecular formula is C16H16N2O2. The van der Waals surface area contributed by atoms with E-state index in [4.69, 9.17) is 4.74 Å². The van der Waals surface area contributed by atoms with E-state index in [1.807, 2.05) is 30.3 Å². The van der Waals surface area contributed by atoms with Crippen molar-refractivity contribution in [3.8, 4) is 0 Å². The van der Waals surface area contributed by atoms with Crippen molar-refractivity contribution in [3.05, 3.63) is 59.9 Å². The Balaban J connectivity index is 1.98. The van der Waals surface area contributed by atoms with E-state index in [1.165, 1.54) is 0 Å². The van der Waals surface area contributed by atoms with Crippen LogP contribution in [0.25, 0.3) is 0 Å². The van der Waals surface area contributed by atoms with Crippen LogP contribution in [0.5, 0.6) is 0 Å². The van der Waals surface area contributed by atoms with Gasteiger partial charge in [-0.2, -0.15) is 0 Å². The molecule has 3 rings (SSSR count). The Morgan fingerprint density at radius 2 is 2.05 bits per heavy atom. The Labute approximate surface area is 118 Å². The first-order valence-corrected chi connectivity index (χ1v) is 6.63. The topological polar surface area (TPSA) is 42.4 Å². The second kappa shape index (κ2) is 5.43. The molecule has 20 heavy (non-hydrogen) atoms. The monoisotopic (exact) mass is 268 g/mol. The largest absolute Gasteiger partial charge is 0.379 e. The minimum Gasteiger partial charge on any atom is -0.379 e. The van der Waals surface area contributed by atoms with Gasteiger partial charge in [0, 0.05) is 25.4 Å². The SMILES string of the molecule is CO[C@@H]1Cc2ccccc2N(C(=O)c2ccccn2)C1. The summed E-state index contributed by atoms with van der Waals surface area (Å²) in [5.74, 6) is -0.0835. The first kappa shape index (κ1) is 12.8. The molecule has 0 spiro atoms. The van der Waals surface area contributed by atoms with E-state index in [1.54, 1.807) is 30.3 Å². The van der Waals surface area contributed by atoms with Gasteiger partial charge in [-0.3, -0.25) is 9.78 Å². The number of hydrogen-bond acceptors (Lipinski definition) is 3. The first-order chi connectivity index (χ1) is 9.79. The van der Waals surface area contributed by atoms with Crippen LogP contribution in [0.4, 0.5) is 5.69 Å². The van der Waals surface area contributed by atoms with E-state index in [2.05, 4.69) is 4.98 Å². The molecule has 1 amide bonds. The Kier molecular flexibility index (Phi) is 3.48. The van der Waals surface area contributed by atoms with Crippen LogP contribution in [0, 0.1) is 0 Å². The average molecular weight is 268 g/mol. The zero-order valence-electron chi connectivity index (χ0n) is 11.3. The van der Waals surface area contributed by atoms with E-state index >= 15 is 0 Å². The summed E-state index contributed by atoms with van der Waals surface area (Å²) in [6.45, 7) is 0.558. The van der Waals surface area contributed by atoms with Crippen molar-refractivity contribution in [1.82, 2.24) is 4.98 Å². The molecule has 2 heterocycles. The van der Waals surface area contributed by atoms with Crippen LogP contribution in [-0.4, -0.2) is 30.6 Å². The molecule has 0 saturated carbocycles. The summed E-state index contributed by atoms with van der Waals surface area (Å²) in [6.07, 6.45) is 2.49. The summed E-state index contributed by atoms with van der Waals surface area (Å²) < 4.78 is 5.45. The molecular weight excluding hydrogens is 252 g/mol. The van der Waals surface area contributed by atoms with Crippen LogP contribution in [0.3, 0.4) is 0 Å². The van der Waals surface area contributed by atoms with Gasteiger partial charge < -0.3 is 9.64 Å². The number of anilines is 1. The van der Waals surface area contributed by atoms with Crippen LogP contribution >= 0.6 is 0 Å². The van der Waals surface area contributed by atoms with Gasteiger partial charge in [0.25, 0.3) is 5.91 Å². The maximum atomic E-state index is 12.6. The van der Waals surface area contributed by atoms with Crippen molar-refractivity contribution < 1.29 is 9.53 Å². The number of aromatic nitrogens is 1. The molecule has 0 N–H and O–H groups in total. The number of nitrogens with zero attached hydrogens (tertiary/aromatic N) is 2. The quantitative estimate of drug-likeness (QED) is 0.839. The van der Waals surface area contributed by atoms with Crippen LogP contribution < -0.4 is 4.90 Å². The third-order valence-corrected chi connectivity index (χ3v) is 3.58. The number of rotatable bonds is 2. The van der Waals surface area contributed by atoms with Gasteiger partial charge in [0.2, 0.25) is 0 Å². The molecule has 4 nitrogen and oxygen atoms in total. The van der Waals surface area contributed by atoms with Gasteiger partial charge in [-0.15, -0.1) is 0 Å². The molecule has 1 atom stereocenters. The lowest BCUT2D eigenvalue weighted by molar-refractivity contribution is 0.0867. The molecule has 0 aliphatic carbocycles. The standard InChI is InChI=1S/C16H16N2O2/c1-20-13-10-12-6-2-3-8-15(12)18(11-13)16(19)14-7-4-5-9-17-14/h2-9,13H,10-11H2,1H3/t13-/m1/s1. The molecule has 0 bridgehead atoms. The van der Waals surface area contributed by atoms with Crippen molar-refractivity contribution in [1.29, 1.82) is 0 Å². The fourth-order valence-corrected chi connectivity index (χ4v) is 2.54. The lowest BCUT2D eigenvalue weighted by Gasteiger charge is -2.33. The lowest BCUT2D eigenvalue weighted by Crippen LogP contribution is -2.43. The molecule has 1 aliphatic rings. The van der Waals surface area contributed by atoms with E-state index in [9.17, 15) is 4.79 Å². The van der Waals surface area contributed by atoms with Crippen molar-refractivity contribution in [2.45, 2.75) is 12.5 Å². The number of benzene rings is 1. The third-order valence-electron chi connectivity index (χ3n) is 3.58. The van der Waals surface area contributed by atoms with Crippen LogP contribution in [0.15, 0.2) is 48.7 Å². The fourth-order valence-electron chi connectivity index (χ4n) is 2.54. The molecule has 2 aromatic rings. The normalized spacial score (nSPS) is 17.6. The Morgan fingerprint density at radius 1 is 1.25 bits per heavy atom. The highest BCUT2D eigenvalue weighted by atomic mass is 16.5. The second-order valence-corrected chi connectivity index (χ2v) is 4.82. The van der Waals surface area contributed by atoms with Crippen LogP contribution in [0.1, 0.15) is 16.1 Å². The predicted molar refractivity (Wildman–Crippen MR) is 76.9 cm³/mol. The Bertz CT molecular complexity index is 613. The fraction of sp³-hybridized carbons (Fsp3) is 0.250. The van der Waals surface area contributed by atoms with Gasteiger partial charge in [-0.25, -0.2) is 0 Å². The van der Waals surface area contributed by atoms with Crippen molar-refractivity contribution >= 4 is 11.6 Å². The maximum absolute atomic E-state index is 12.6. The third kappa shape index (κ3) is 2.30. The number of carbonyl (C=O) groups excluding carboxylic acids is 1. The predicted octanol–water partition coefficient (Wildman–Crippen LogP) is 2.30. The van der Waals surface area contributed by atoms with Crippen molar-refractivity contribution in [2.24, 2.45) is 0 Å². The summed E-state index contributed by atoms with van der Waals surface area (Å²) in [5, 5.41) is 0. The number of methoxy groups -OCH3 is 1. The number of fused-ring (bicyclic) bond motifs is 1. The summed E-state index contributed by atoms with van der Waals surface area (Å²) in [4.78, 5) is 18.5. The highest BCUT2D eigenvalue weighted by molar-refractivity contribution is 6.05. The van der Waals surface area contributed by atoms with E-state index in [0.29, 0.717) is 12.2 Å². The molecule has 1 aromatic heterocycles. The summed E-state index contributed by atoms with van der Waals surface area (Å²) in [7, 11) is 1.68. The minimum absolute atomic E-state index is 0.0255. The molecule has 1 aliphatic heterocycles. The Morgan fingerprint density at radius 3 is 2.80 bits per heavy atom. The van der Waals surface area contributed by atoms with E-state index in [0.717, 1.165) is 17.7 Å². The highest BCUT2D eigenvalue weighted by Gasteiger charge is 2.29. The molecule has 4 heteroatoms. The van der Waals surface area contributed by atoms with E-state index < -0.39 is 0 Å². The first-order valence-electron chi connectivity index (χ1n) is 6.63. The second-order valence-electron chi connectivity index (χ2n) is 4.82. The van der Waals surface area contributed by atoms with Gasteiger partial charge in [0.15, 0.2) is 0 Å². The maximum Gasteiger partial charge on any atom is 0.276 e. The van der Waals surface area contributed by atoms with Crippen LogP contribution in [-0.2, 0) is 11.2 Å². The highest BCUT2D eigenvalue weighted by Crippen LogP contribution is 2.28. The van der Waals surface area contributed by atoms with Gasteiger partial charge in [0.1, 0.15) is 5.69 Å². The number of para-hydroxylation sites is 1. The molecule has 0 fully saturated rings. The minimum atomic E-state index is -0.0835. The average Bonchev–Trinajstić information content (AvgIpc) is 2.54. The molecule has 102 valence electrons. The number of ether oxygens (including phenoxy) is 1. The van der Waals surface area contributed by atoms with E-state index in [-0.39, 0.29) is 12.0 Å². The molecule has 0 unspecified atom stereocenters. The van der Waals surface area contributed by atoms with Gasteiger partial charge in [-0.05, 0) is 23.8 Å². The smallest absolute Gasteiger partial charge is 0.276 e. The number of amides is 1. The zero-order chi connectivity index (χ0) is 13.9. The van der Waals surface area contributed by atoms with Crippen molar-refractivity contribution in [3.63, 3.8) is 0 Å². The lowest BCUT2D eigenvalue weighted by atomic mass is 9.99. The summed E-state index contributed by atoms with van der Waals surface area (Å²) in [6, 6.07) is 13.3. The van der Waals surface area contributed by atoms with Gasteiger partial charge in [0.05, 0.1) is 12.6 Å². The number of carbonyl (C=O) groups is 1. The molecule has 0 radical (unpaired) electrons. The molecule has 0 saturated heterocycles. The van der Waals surface area contributed by atoms with Gasteiger partial charge >= 0.3 is 0 Å². The van der Waals surface area contributed by atoms with Gasteiger partial charge in [-0.1, -0.05) is 24.3 Å². The number of pyridine rings is 1. The van der Waals surface area contributed by atoms with Crippen LogP contribution in [0.2, 0.25) is 0 Å². The van der Waals surface area contributed by atoms with Crippen molar-refractivity contribution in [2.75, 3.05) is 18.6 Å². The summed E-state index contributed by atoms with van der Waals surface area (Å²) >= 11 is 0. The Hall–Kier alpha value is -2.20. The molecule has 1 aromatic carbocycles. The number of hydrogen-bond donors (Lipinski definition) is 0. The summed E-state index contributed by atoms with van der Waals surface area (Å²) in [5.41, 5.74) is 2.55. The zero-order valence-corrected chi connectivity index (χ0v) is 11.3.